The summed E-state index contributed by atoms with van der Waals surface area (Å²) in [6.07, 6.45) is 6.35. The van der Waals surface area contributed by atoms with Crippen LogP contribution in [0.3, 0.4) is 0 Å². The number of hydrogen-bond acceptors (Lipinski definition) is 6. The van der Waals surface area contributed by atoms with Gasteiger partial charge in [-0.1, -0.05) is 0 Å². The molecule has 0 bridgehead atoms. The zero-order valence-electron chi connectivity index (χ0n) is 12.2. The molecule has 7 nitrogen and oxygen atoms in total. The number of nitrogens with two attached hydrogens (primary N) is 1. The second-order valence-corrected chi connectivity index (χ2v) is 5.91. The van der Waals surface area contributed by atoms with Crippen molar-refractivity contribution < 1.29 is 4.74 Å². The number of ether oxygens (including phenoxy) is 1. The van der Waals surface area contributed by atoms with Gasteiger partial charge in [-0.25, -0.2) is 9.97 Å². The largest absolute Gasteiger partial charge is 0.479 e. The van der Waals surface area contributed by atoms with E-state index in [9.17, 15) is 0 Å². The number of anilines is 1. The topological polar surface area (TPSA) is 82.1 Å². The maximum atomic E-state index is 6.16. The molecule has 0 aliphatic carbocycles. The van der Waals surface area contributed by atoms with E-state index >= 15 is 0 Å². The van der Waals surface area contributed by atoms with E-state index < -0.39 is 0 Å². The molecule has 0 aromatic carbocycles. The zero-order chi connectivity index (χ0) is 14.4. The summed E-state index contributed by atoms with van der Waals surface area (Å²) in [5, 5.41) is 0. The van der Waals surface area contributed by atoms with Crippen molar-refractivity contribution in [2.24, 2.45) is 0 Å². The second-order valence-electron chi connectivity index (χ2n) is 5.91. The van der Waals surface area contributed by atoms with Crippen molar-refractivity contribution in [3.8, 4) is 5.88 Å². The number of nitrogen functional groups attached to an aromatic ring is 1. The SMILES string of the molecule is COc1ncnc2c1nc(N)n2C1CCN2CCCC2C1. The summed E-state index contributed by atoms with van der Waals surface area (Å²) in [6.45, 7) is 2.38. The third-order valence-electron chi connectivity index (χ3n) is 4.82. The van der Waals surface area contributed by atoms with Crippen molar-refractivity contribution in [2.75, 3.05) is 25.9 Å². The molecule has 2 fully saturated rings. The van der Waals surface area contributed by atoms with Crippen LogP contribution >= 0.6 is 0 Å². The highest BCUT2D eigenvalue weighted by atomic mass is 16.5. The van der Waals surface area contributed by atoms with Gasteiger partial charge in [0, 0.05) is 18.6 Å². The Morgan fingerprint density at radius 3 is 3.00 bits per heavy atom. The molecule has 21 heavy (non-hydrogen) atoms. The zero-order valence-corrected chi connectivity index (χ0v) is 12.2. The summed E-state index contributed by atoms with van der Waals surface area (Å²) in [5.74, 6) is 1.00. The molecule has 0 radical (unpaired) electrons. The van der Waals surface area contributed by atoms with Crippen LogP contribution in [-0.2, 0) is 0 Å². The Morgan fingerprint density at radius 1 is 1.24 bits per heavy atom. The van der Waals surface area contributed by atoms with E-state index in [1.165, 1.54) is 25.7 Å². The van der Waals surface area contributed by atoms with Crippen LogP contribution in [0.15, 0.2) is 6.33 Å². The average molecular weight is 288 g/mol. The third kappa shape index (κ3) is 1.95. The number of methoxy groups -OCH3 is 1. The molecule has 0 saturated carbocycles. The van der Waals surface area contributed by atoms with Gasteiger partial charge in [-0.15, -0.1) is 0 Å². The van der Waals surface area contributed by atoms with Crippen LogP contribution in [0.25, 0.3) is 11.2 Å². The lowest BCUT2D eigenvalue weighted by atomic mass is 9.97. The van der Waals surface area contributed by atoms with Gasteiger partial charge in [-0.2, -0.15) is 4.98 Å². The van der Waals surface area contributed by atoms with Crippen LogP contribution in [0.5, 0.6) is 5.88 Å². The fourth-order valence-corrected chi connectivity index (χ4v) is 3.85. The quantitative estimate of drug-likeness (QED) is 0.894. The Balaban J connectivity index is 1.74. The molecule has 2 unspecified atom stereocenters. The van der Waals surface area contributed by atoms with Gasteiger partial charge in [0.2, 0.25) is 11.8 Å². The minimum absolute atomic E-state index is 0.369. The normalized spacial score (nSPS) is 26.1. The maximum absolute atomic E-state index is 6.16. The molecule has 2 aromatic rings. The van der Waals surface area contributed by atoms with Crippen LogP contribution in [0.1, 0.15) is 31.7 Å². The van der Waals surface area contributed by atoms with E-state index in [1.54, 1.807) is 7.11 Å². The number of imidazole rings is 1. The van der Waals surface area contributed by atoms with Gasteiger partial charge in [0.15, 0.2) is 11.2 Å². The standard InChI is InChI=1S/C14H20N6O/c1-21-13-11-12(16-8-17-13)20(14(15)18-11)10-4-6-19-5-2-3-9(19)7-10/h8-10H,2-7H2,1H3,(H2,15,18). The van der Waals surface area contributed by atoms with Crippen molar-refractivity contribution in [1.29, 1.82) is 0 Å². The number of aromatic nitrogens is 4. The van der Waals surface area contributed by atoms with Gasteiger partial charge in [0.25, 0.3) is 0 Å². The number of piperidine rings is 1. The number of rotatable bonds is 2. The fraction of sp³-hybridized carbons (Fsp3) is 0.643. The van der Waals surface area contributed by atoms with Crippen molar-refractivity contribution >= 4 is 17.1 Å². The van der Waals surface area contributed by atoms with Crippen molar-refractivity contribution in [1.82, 2.24) is 24.4 Å². The first-order chi connectivity index (χ1) is 10.3. The monoisotopic (exact) mass is 288 g/mol. The summed E-state index contributed by atoms with van der Waals surface area (Å²) >= 11 is 0. The van der Waals surface area contributed by atoms with E-state index in [4.69, 9.17) is 10.5 Å². The summed E-state index contributed by atoms with van der Waals surface area (Å²) < 4.78 is 7.34. The molecule has 2 atom stereocenters. The molecule has 2 N–H and O–H groups in total. The molecule has 7 heteroatoms. The van der Waals surface area contributed by atoms with Crippen molar-refractivity contribution in [2.45, 2.75) is 37.8 Å². The first-order valence-electron chi connectivity index (χ1n) is 7.54. The lowest BCUT2D eigenvalue weighted by molar-refractivity contribution is 0.158. The van der Waals surface area contributed by atoms with Crippen LogP contribution in [0, 0.1) is 0 Å². The van der Waals surface area contributed by atoms with Crippen LogP contribution in [0.4, 0.5) is 5.95 Å². The van der Waals surface area contributed by atoms with E-state index in [1.807, 2.05) is 0 Å². The molecule has 4 heterocycles. The van der Waals surface area contributed by atoms with Crippen molar-refractivity contribution in [3.05, 3.63) is 6.33 Å². The highest BCUT2D eigenvalue weighted by Gasteiger charge is 2.34. The third-order valence-corrected chi connectivity index (χ3v) is 4.82. The molecule has 2 aromatic heterocycles. The Hall–Kier alpha value is -1.89. The van der Waals surface area contributed by atoms with Gasteiger partial charge in [-0.05, 0) is 32.2 Å². The predicted octanol–water partition coefficient (Wildman–Crippen LogP) is 1.22. The van der Waals surface area contributed by atoms with Gasteiger partial charge < -0.3 is 15.4 Å². The molecule has 0 spiro atoms. The first kappa shape index (κ1) is 12.8. The minimum atomic E-state index is 0.369. The molecular weight excluding hydrogens is 268 g/mol. The Morgan fingerprint density at radius 2 is 2.14 bits per heavy atom. The summed E-state index contributed by atoms with van der Waals surface area (Å²) in [4.78, 5) is 15.5. The maximum Gasteiger partial charge on any atom is 0.245 e. The lowest BCUT2D eigenvalue weighted by Crippen LogP contribution is -2.38. The lowest BCUT2D eigenvalue weighted by Gasteiger charge is -2.35. The van der Waals surface area contributed by atoms with E-state index in [0.717, 1.165) is 25.0 Å². The highest BCUT2D eigenvalue weighted by molar-refractivity contribution is 5.79. The minimum Gasteiger partial charge on any atom is -0.479 e. The van der Waals surface area contributed by atoms with Crippen LogP contribution < -0.4 is 10.5 Å². The van der Waals surface area contributed by atoms with E-state index in [0.29, 0.717) is 29.4 Å². The summed E-state index contributed by atoms with van der Waals surface area (Å²) in [7, 11) is 1.59. The number of hydrogen-bond donors (Lipinski definition) is 1. The van der Waals surface area contributed by atoms with Crippen LogP contribution in [0.2, 0.25) is 0 Å². The van der Waals surface area contributed by atoms with Gasteiger partial charge >= 0.3 is 0 Å². The Bertz CT molecular complexity index is 669. The van der Waals surface area contributed by atoms with Gasteiger partial charge in [0.1, 0.15) is 6.33 Å². The molecule has 4 rings (SSSR count). The average Bonchev–Trinajstić information content (AvgIpc) is 3.08. The first-order valence-corrected chi connectivity index (χ1v) is 7.54. The fourth-order valence-electron chi connectivity index (χ4n) is 3.85. The summed E-state index contributed by atoms with van der Waals surface area (Å²) in [6, 6.07) is 1.05. The Kier molecular flexibility index (Phi) is 2.95. The smallest absolute Gasteiger partial charge is 0.245 e. The van der Waals surface area contributed by atoms with Crippen molar-refractivity contribution in [3.63, 3.8) is 0 Å². The second kappa shape index (κ2) is 4.84. The van der Waals surface area contributed by atoms with E-state index in [2.05, 4.69) is 24.4 Å². The van der Waals surface area contributed by atoms with Gasteiger partial charge in [0.05, 0.1) is 7.11 Å². The van der Waals surface area contributed by atoms with Gasteiger partial charge in [-0.3, -0.25) is 4.57 Å². The molecule has 2 aliphatic rings. The van der Waals surface area contributed by atoms with E-state index in [-0.39, 0.29) is 0 Å². The predicted molar refractivity (Wildman–Crippen MR) is 79.2 cm³/mol. The number of nitrogens with zero attached hydrogens (tertiary/aromatic N) is 5. The molecule has 0 amide bonds. The number of fused-ring (bicyclic) bond motifs is 2. The van der Waals surface area contributed by atoms with Crippen LogP contribution in [-0.4, -0.2) is 50.7 Å². The molecule has 112 valence electrons. The molecule has 2 aliphatic heterocycles. The molecular formula is C14H20N6O. The Labute approximate surface area is 123 Å². The summed E-state index contributed by atoms with van der Waals surface area (Å²) in [5.41, 5.74) is 7.61. The molecule has 2 saturated heterocycles. The highest BCUT2D eigenvalue weighted by Crippen LogP contribution is 2.36.